The van der Waals surface area contributed by atoms with Gasteiger partial charge in [-0.05, 0) is 23.7 Å². The molecule has 6 saturated carbocycles. The second-order valence-corrected chi connectivity index (χ2v) is 7.60. The maximum Gasteiger partial charge on any atom is 0.187 e. The van der Waals surface area contributed by atoms with Crippen molar-refractivity contribution in [2.45, 2.75) is 15.7 Å². The Kier molecular flexibility index (Phi) is 0.802. The van der Waals surface area contributed by atoms with Crippen LogP contribution in [-0.2, 0) is 9.47 Å². The van der Waals surface area contributed by atoms with E-state index in [0.29, 0.717) is 17.8 Å². The Morgan fingerprint density at radius 1 is 1.07 bits per heavy atom. The van der Waals surface area contributed by atoms with Crippen molar-refractivity contribution in [2.75, 3.05) is 13.2 Å². The maximum absolute atomic E-state index is 6.54. The smallest absolute Gasteiger partial charge is 0.187 e. The average Bonchev–Trinajstić information content (AvgIpc) is 2.86. The van der Waals surface area contributed by atoms with E-state index in [-0.39, 0.29) is 15.7 Å². The molecule has 1 spiro atoms. The van der Waals surface area contributed by atoms with Crippen LogP contribution < -0.4 is 5.73 Å². The average molecular weight is 270 g/mol. The summed E-state index contributed by atoms with van der Waals surface area (Å²) in [6.45, 7) is 1.54. The number of hydrogen-bond donors (Lipinski definition) is 1. The van der Waals surface area contributed by atoms with Gasteiger partial charge in [-0.2, -0.15) is 0 Å². The molecule has 0 aromatic rings. The summed E-state index contributed by atoms with van der Waals surface area (Å²) in [5, 5.41) is 0. The molecule has 7 aliphatic rings. The molecular formula is C11H12BrNO2. The highest BCUT2D eigenvalue weighted by molar-refractivity contribution is 9.10. The highest BCUT2D eigenvalue weighted by Gasteiger charge is 3.08. The van der Waals surface area contributed by atoms with Crippen LogP contribution in [0.15, 0.2) is 0 Å². The first-order chi connectivity index (χ1) is 7.19. The van der Waals surface area contributed by atoms with Gasteiger partial charge in [-0.1, -0.05) is 15.9 Å². The lowest BCUT2D eigenvalue weighted by molar-refractivity contribution is -0.191. The van der Waals surface area contributed by atoms with Crippen LogP contribution >= 0.6 is 15.9 Å². The lowest BCUT2D eigenvalue weighted by atomic mass is 9.97. The molecule has 8 atom stereocenters. The zero-order valence-corrected chi connectivity index (χ0v) is 9.74. The van der Waals surface area contributed by atoms with Gasteiger partial charge in [0.2, 0.25) is 0 Å². The maximum atomic E-state index is 6.54. The quantitative estimate of drug-likeness (QED) is 0.645. The summed E-state index contributed by atoms with van der Waals surface area (Å²) in [5.41, 5.74) is 6.72. The molecule has 0 amide bonds. The fraction of sp³-hybridized carbons (Fsp3) is 1.00. The summed E-state index contributed by atoms with van der Waals surface area (Å²) in [7, 11) is 0. The lowest BCUT2D eigenvalue weighted by Gasteiger charge is -2.37. The van der Waals surface area contributed by atoms with E-state index in [1.54, 1.807) is 0 Å². The molecule has 1 saturated heterocycles. The monoisotopic (exact) mass is 269 g/mol. The van der Waals surface area contributed by atoms with E-state index >= 15 is 0 Å². The zero-order chi connectivity index (χ0) is 9.79. The van der Waals surface area contributed by atoms with Crippen LogP contribution in [0.4, 0.5) is 0 Å². The molecule has 1 aliphatic heterocycles. The van der Waals surface area contributed by atoms with Gasteiger partial charge in [0.1, 0.15) is 0 Å². The molecule has 2 N–H and O–H groups in total. The summed E-state index contributed by atoms with van der Waals surface area (Å²) in [6.07, 6.45) is 0. The number of halogens is 1. The molecule has 3 nitrogen and oxygen atoms in total. The predicted molar refractivity (Wildman–Crippen MR) is 54.2 cm³/mol. The number of rotatable bonds is 0. The van der Waals surface area contributed by atoms with Crippen molar-refractivity contribution in [2.24, 2.45) is 41.2 Å². The third kappa shape index (κ3) is 0.397. The van der Waals surface area contributed by atoms with E-state index in [0.717, 1.165) is 31.0 Å². The number of ether oxygens (including phenoxy) is 2. The topological polar surface area (TPSA) is 44.5 Å². The van der Waals surface area contributed by atoms with E-state index in [2.05, 4.69) is 15.9 Å². The van der Waals surface area contributed by atoms with E-state index in [4.69, 9.17) is 15.2 Å². The predicted octanol–water partition coefficient (Wildman–Crippen LogP) is 0.326. The summed E-state index contributed by atoms with van der Waals surface area (Å²) >= 11 is 4.01. The summed E-state index contributed by atoms with van der Waals surface area (Å²) in [4.78, 5) is 0. The Balaban J connectivity index is 1.68. The summed E-state index contributed by atoms with van der Waals surface area (Å²) < 4.78 is 12.1. The normalized spacial score (nSPS) is 82.0. The first-order valence-corrected chi connectivity index (χ1v) is 6.74. The molecule has 2 bridgehead atoms. The summed E-state index contributed by atoms with van der Waals surface area (Å²) in [5.74, 6) is 4.08. The molecule has 1 heterocycles. The van der Waals surface area contributed by atoms with Gasteiger partial charge in [-0.3, -0.25) is 0 Å². The van der Waals surface area contributed by atoms with Crippen molar-refractivity contribution in [3.05, 3.63) is 0 Å². The Labute approximate surface area is 95.8 Å². The molecule has 0 radical (unpaired) electrons. The van der Waals surface area contributed by atoms with Crippen LogP contribution in [0.1, 0.15) is 0 Å². The lowest BCUT2D eigenvalue weighted by Crippen LogP contribution is -2.51. The third-order valence-electron chi connectivity index (χ3n) is 6.45. The Bertz CT molecular complexity index is 436. The van der Waals surface area contributed by atoms with Crippen LogP contribution in [0.3, 0.4) is 0 Å². The molecule has 0 aromatic carbocycles. The van der Waals surface area contributed by atoms with Crippen LogP contribution in [0.25, 0.3) is 0 Å². The highest BCUT2D eigenvalue weighted by Crippen LogP contribution is 3.00. The Morgan fingerprint density at radius 3 is 2.20 bits per heavy atom. The first kappa shape index (κ1) is 7.64. The highest BCUT2D eigenvalue weighted by atomic mass is 79.9. The minimum Gasteiger partial charge on any atom is -0.346 e. The zero-order valence-electron chi connectivity index (χ0n) is 8.15. The van der Waals surface area contributed by atoms with Crippen molar-refractivity contribution in [3.8, 4) is 0 Å². The Morgan fingerprint density at radius 2 is 1.80 bits per heavy atom. The molecular weight excluding hydrogens is 258 g/mol. The van der Waals surface area contributed by atoms with E-state index in [1.165, 1.54) is 0 Å². The van der Waals surface area contributed by atoms with Crippen LogP contribution in [0.5, 0.6) is 0 Å². The second kappa shape index (κ2) is 1.57. The van der Waals surface area contributed by atoms with Gasteiger partial charge >= 0.3 is 0 Å². The number of alkyl halides is 1. The Hall–Kier alpha value is 0.360. The molecule has 80 valence electrons. The van der Waals surface area contributed by atoms with Gasteiger partial charge in [0.25, 0.3) is 0 Å². The molecule has 6 aliphatic carbocycles. The third-order valence-corrected chi connectivity index (χ3v) is 8.02. The van der Waals surface area contributed by atoms with E-state index in [1.807, 2.05) is 0 Å². The molecule has 0 aromatic heterocycles. The van der Waals surface area contributed by atoms with Crippen LogP contribution in [0.2, 0.25) is 0 Å². The number of nitrogens with two attached hydrogens (primary N) is 1. The van der Waals surface area contributed by atoms with Crippen molar-refractivity contribution in [3.63, 3.8) is 0 Å². The minimum atomic E-state index is -0.270. The SMILES string of the molecule is NC12C3C4C5C1C2C(Br)(C43)C51OCCO1. The van der Waals surface area contributed by atoms with Gasteiger partial charge in [0, 0.05) is 17.4 Å². The standard InChI is InChI=1S/C11H12BrNO2/c12-10-5-3-4(5)9(13)7(8(9)10)6(3)11(10)14-1-2-15-11/h3-8H,1-2,13H2. The molecule has 15 heavy (non-hydrogen) atoms. The van der Waals surface area contributed by atoms with Crippen molar-refractivity contribution < 1.29 is 9.47 Å². The molecule has 7 fully saturated rings. The second-order valence-electron chi connectivity index (χ2n) is 6.29. The van der Waals surface area contributed by atoms with Gasteiger partial charge in [0.05, 0.1) is 17.5 Å². The minimum absolute atomic E-state index is 0.0932. The fourth-order valence-corrected chi connectivity index (χ4v) is 8.24. The van der Waals surface area contributed by atoms with E-state index in [9.17, 15) is 0 Å². The van der Waals surface area contributed by atoms with Gasteiger partial charge in [-0.15, -0.1) is 0 Å². The van der Waals surface area contributed by atoms with Crippen molar-refractivity contribution >= 4 is 15.9 Å². The van der Waals surface area contributed by atoms with Gasteiger partial charge in [0.15, 0.2) is 5.79 Å². The fourth-order valence-electron chi connectivity index (χ4n) is 6.48. The van der Waals surface area contributed by atoms with E-state index < -0.39 is 0 Å². The van der Waals surface area contributed by atoms with Crippen molar-refractivity contribution in [1.82, 2.24) is 0 Å². The molecule has 8 unspecified atom stereocenters. The largest absolute Gasteiger partial charge is 0.346 e. The van der Waals surface area contributed by atoms with Crippen LogP contribution in [0, 0.1) is 35.5 Å². The molecule has 4 heteroatoms. The summed E-state index contributed by atoms with van der Waals surface area (Å²) in [6, 6.07) is 0. The number of hydrogen-bond acceptors (Lipinski definition) is 3. The van der Waals surface area contributed by atoms with Crippen molar-refractivity contribution in [1.29, 1.82) is 0 Å². The van der Waals surface area contributed by atoms with Crippen LogP contribution in [-0.4, -0.2) is 28.9 Å². The first-order valence-electron chi connectivity index (χ1n) is 5.95. The molecule has 7 rings (SSSR count). The van der Waals surface area contributed by atoms with Gasteiger partial charge in [-0.25, -0.2) is 0 Å². The van der Waals surface area contributed by atoms with Gasteiger partial charge < -0.3 is 15.2 Å².